The molecule has 2 heterocycles. The van der Waals surface area contributed by atoms with E-state index in [2.05, 4.69) is 9.97 Å². The lowest BCUT2D eigenvalue weighted by Gasteiger charge is -1.98. The first-order valence-corrected chi connectivity index (χ1v) is 4.62. The fourth-order valence-electron chi connectivity index (χ4n) is 1.36. The highest BCUT2D eigenvalue weighted by Gasteiger charge is 2.08. The number of H-pyrrole nitrogens is 1. The summed E-state index contributed by atoms with van der Waals surface area (Å²) in [6.45, 7) is 0. The summed E-state index contributed by atoms with van der Waals surface area (Å²) in [6, 6.07) is 7.02. The molecule has 0 saturated carbocycles. The van der Waals surface area contributed by atoms with Crippen LogP contribution in [0.2, 0.25) is 0 Å². The van der Waals surface area contributed by atoms with E-state index in [-0.39, 0.29) is 5.78 Å². The number of nitrogens with one attached hydrogen (secondary N) is 1. The van der Waals surface area contributed by atoms with Crippen molar-refractivity contribution in [1.82, 2.24) is 9.97 Å². The lowest BCUT2D eigenvalue weighted by Crippen LogP contribution is -2.04. The number of ketones is 1. The van der Waals surface area contributed by atoms with Gasteiger partial charge in [-0.1, -0.05) is 0 Å². The van der Waals surface area contributed by atoms with Crippen LogP contribution in [0.1, 0.15) is 16.1 Å². The van der Waals surface area contributed by atoms with Crippen LogP contribution >= 0.6 is 0 Å². The maximum absolute atomic E-state index is 11.7. The molecule has 0 unspecified atom stereocenters. The van der Waals surface area contributed by atoms with E-state index >= 15 is 0 Å². The Hall–Kier alpha value is -2.10. The van der Waals surface area contributed by atoms with Gasteiger partial charge in [-0.2, -0.15) is 0 Å². The Bertz CT molecular complexity index is 462. The van der Waals surface area contributed by atoms with Crippen LogP contribution in [0.25, 0.3) is 0 Å². The minimum Gasteiger partial charge on any atom is -0.385 e. The second kappa shape index (κ2) is 3.96. The van der Waals surface area contributed by atoms with Crippen LogP contribution in [0.4, 0.5) is 5.82 Å². The average molecular weight is 201 g/mol. The number of rotatable bonds is 3. The summed E-state index contributed by atoms with van der Waals surface area (Å²) in [4.78, 5) is 18.4. The van der Waals surface area contributed by atoms with Crippen LogP contribution in [-0.4, -0.2) is 15.8 Å². The number of carbonyl (C=O) groups excluding carboxylic acids is 1. The maximum Gasteiger partial charge on any atom is 0.183 e. The number of hydrogen-bond donors (Lipinski definition) is 2. The van der Waals surface area contributed by atoms with Crippen molar-refractivity contribution in [3.8, 4) is 0 Å². The molecule has 0 aliphatic heterocycles. The van der Waals surface area contributed by atoms with Crippen LogP contribution in [0.5, 0.6) is 0 Å². The molecule has 0 saturated heterocycles. The normalized spacial score (nSPS) is 10.1. The standard InChI is InChI=1S/C11H11N3O/c12-11-2-1-9(14-11)10(15)7-8-3-5-13-6-4-8/h1-6,14H,7,12H2. The number of aromatic amines is 1. The van der Waals surface area contributed by atoms with E-state index in [1.54, 1.807) is 24.5 Å². The molecule has 0 atom stereocenters. The summed E-state index contributed by atoms with van der Waals surface area (Å²) >= 11 is 0. The summed E-state index contributed by atoms with van der Waals surface area (Å²) in [6.07, 6.45) is 3.71. The fraction of sp³-hybridized carbons (Fsp3) is 0.0909. The van der Waals surface area contributed by atoms with Gasteiger partial charge in [0.2, 0.25) is 0 Å². The van der Waals surface area contributed by atoms with Crippen molar-refractivity contribution in [2.75, 3.05) is 5.73 Å². The number of nitrogen functional groups attached to an aromatic ring is 1. The predicted molar refractivity (Wildman–Crippen MR) is 57.5 cm³/mol. The van der Waals surface area contributed by atoms with Gasteiger partial charge < -0.3 is 10.7 Å². The topological polar surface area (TPSA) is 71.8 Å². The molecule has 0 spiro atoms. The zero-order chi connectivity index (χ0) is 10.7. The van der Waals surface area contributed by atoms with Gasteiger partial charge in [0.05, 0.1) is 5.69 Å². The van der Waals surface area contributed by atoms with Crippen LogP contribution in [0, 0.1) is 0 Å². The third-order valence-corrected chi connectivity index (χ3v) is 2.12. The van der Waals surface area contributed by atoms with Crippen molar-refractivity contribution in [2.45, 2.75) is 6.42 Å². The van der Waals surface area contributed by atoms with E-state index in [1.165, 1.54) is 0 Å². The molecule has 0 bridgehead atoms. The summed E-state index contributed by atoms with van der Waals surface area (Å²) in [7, 11) is 0. The summed E-state index contributed by atoms with van der Waals surface area (Å²) in [5.41, 5.74) is 6.99. The number of hydrogen-bond acceptors (Lipinski definition) is 3. The fourth-order valence-corrected chi connectivity index (χ4v) is 1.36. The van der Waals surface area contributed by atoms with Gasteiger partial charge in [-0.05, 0) is 29.8 Å². The van der Waals surface area contributed by atoms with Crippen molar-refractivity contribution in [3.63, 3.8) is 0 Å². The van der Waals surface area contributed by atoms with E-state index < -0.39 is 0 Å². The molecule has 76 valence electrons. The van der Waals surface area contributed by atoms with Crippen LogP contribution in [0.3, 0.4) is 0 Å². The van der Waals surface area contributed by atoms with Crippen molar-refractivity contribution in [1.29, 1.82) is 0 Å². The molecule has 0 aliphatic carbocycles. The van der Waals surface area contributed by atoms with Gasteiger partial charge in [-0.25, -0.2) is 0 Å². The Morgan fingerprint density at radius 2 is 2.00 bits per heavy atom. The van der Waals surface area contributed by atoms with E-state index in [1.807, 2.05) is 12.1 Å². The molecule has 2 aromatic rings. The van der Waals surface area contributed by atoms with Crippen LogP contribution < -0.4 is 5.73 Å². The average Bonchev–Trinajstić information content (AvgIpc) is 2.66. The number of nitrogens with zero attached hydrogens (tertiary/aromatic N) is 1. The minimum absolute atomic E-state index is 0.0258. The predicted octanol–water partition coefficient (Wildman–Crippen LogP) is 1.42. The first kappa shape index (κ1) is 9.45. The van der Waals surface area contributed by atoms with Gasteiger partial charge in [-0.15, -0.1) is 0 Å². The zero-order valence-corrected chi connectivity index (χ0v) is 8.10. The Balaban J connectivity index is 2.11. The molecule has 3 N–H and O–H groups in total. The molecule has 2 aromatic heterocycles. The van der Waals surface area contributed by atoms with E-state index in [4.69, 9.17) is 5.73 Å². The molecular weight excluding hydrogens is 190 g/mol. The van der Waals surface area contributed by atoms with Crippen LogP contribution in [-0.2, 0) is 6.42 Å². The highest BCUT2D eigenvalue weighted by molar-refractivity contribution is 5.96. The largest absolute Gasteiger partial charge is 0.385 e. The van der Waals surface area contributed by atoms with E-state index in [0.717, 1.165) is 5.56 Å². The summed E-state index contributed by atoms with van der Waals surface area (Å²) in [5, 5.41) is 0. The van der Waals surface area contributed by atoms with Gasteiger partial charge >= 0.3 is 0 Å². The van der Waals surface area contributed by atoms with Crippen LogP contribution in [0.15, 0.2) is 36.7 Å². The SMILES string of the molecule is Nc1ccc(C(=O)Cc2ccncc2)[nH]1. The molecule has 0 radical (unpaired) electrons. The van der Waals surface area contributed by atoms with Gasteiger partial charge in [0.15, 0.2) is 5.78 Å². The third kappa shape index (κ3) is 2.22. The second-order valence-corrected chi connectivity index (χ2v) is 3.28. The second-order valence-electron chi connectivity index (χ2n) is 3.28. The van der Waals surface area contributed by atoms with Crippen molar-refractivity contribution in [3.05, 3.63) is 47.9 Å². The third-order valence-electron chi connectivity index (χ3n) is 2.12. The summed E-state index contributed by atoms with van der Waals surface area (Å²) in [5.74, 6) is 0.533. The smallest absolute Gasteiger partial charge is 0.183 e. The molecule has 2 rings (SSSR count). The van der Waals surface area contributed by atoms with Crippen molar-refractivity contribution in [2.24, 2.45) is 0 Å². The zero-order valence-electron chi connectivity index (χ0n) is 8.10. The molecule has 4 heteroatoms. The Kier molecular flexibility index (Phi) is 2.49. The minimum atomic E-state index is 0.0258. The molecule has 0 aromatic carbocycles. The molecule has 0 amide bonds. The van der Waals surface area contributed by atoms with E-state index in [0.29, 0.717) is 17.9 Å². The Morgan fingerprint density at radius 1 is 1.27 bits per heavy atom. The maximum atomic E-state index is 11.7. The van der Waals surface area contributed by atoms with Crippen molar-refractivity contribution < 1.29 is 4.79 Å². The van der Waals surface area contributed by atoms with Gasteiger partial charge in [0.1, 0.15) is 5.82 Å². The Labute approximate surface area is 87.1 Å². The molecule has 0 aliphatic rings. The lowest BCUT2D eigenvalue weighted by molar-refractivity contribution is 0.0989. The number of carbonyl (C=O) groups is 1. The lowest BCUT2D eigenvalue weighted by atomic mass is 10.1. The molecular formula is C11H11N3O. The van der Waals surface area contributed by atoms with Gasteiger partial charge in [0, 0.05) is 18.8 Å². The highest BCUT2D eigenvalue weighted by Crippen LogP contribution is 2.07. The number of nitrogens with two attached hydrogens (primary N) is 1. The monoisotopic (exact) mass is 201 g/mol. The van der Waals surface area contributed by atoms with Crippen molar-refractivity contribution >= 4 is 11.6 Å². The first-order chi connectivity index (χ1) is 7.25. The summed E-state index contributed by atoms with van der Waals surface area (Å²) < 4.78 is 0. The number of Topliss-reactive ketones (excluding diaryl/α,β-unsaturated/α-hetero) is 1. The first-order valence-electron chi connectivity index (χ1n) is 4.62. The highest BCUT2D eigenvalue weighted by atomic mass is 16.1. The number of aromatic nitrogens is 2. The number of anilines is 1. The van der Waals surface area contributed by atoms with Gasteiger partial charge in [-0.3, -0.25) is 9.78 Å². The molecule has 4 nitrogen and oxygen atoms in total. The number of pyridine rings is 1. The van der Waals surface area contributed by atoms with E-state index in [9.17, 15) is 4.79 Å². The van der Waals surface area contributed by atoms with Gasteiger partial charge in [0.25, 0.3) is 0 Å². The molecule has 15 heavy (non-hydrogen) atoms. The Morgan fingerprint density at radius 3 is 2.60 bits per heavy atom. The molecule has 0 fully saturated rings. The quantitative estimate of drug-likeness (QED) is 0.737.